The Morgan fingerprint density at radius 1 is 1.35 bits per heavy atom. The van der Waals surface area contributed by atoms with E-state index in [1.807, 2.05) is 0 Å². The van der Waals surface area contributed by atoms with Gasteiger partial charge in [-0.3, -0.25) is 0 Å². The van der Waals surface area contributed by atoms with Gasteiger partial charge in [0.1, 0.15) is 11.4 Å². The highest BCUT2D eigenvalue weighted by molar-refractivity contribution is 5.41. The highest BCUT2D eigenvalue weighted by Crippen LogP contribution is 2.43. The van der Waals surface area contributed by atoms with Crippen LogP contribution in [0.2, 0.25) is 0 Å². The number of nitrogens with two attached hydrogens (primary N) is 1. The second-order valence-corrected chi connectivity index (χ2v) is 6.42. The zero-order valence-corrected chi connectivity index (χ0v) is 12.7. The van der Waals surface area contributed by atoms with Crippen LogP contribution in [0.1, 0.15) is 49.8 Å². The summed E-state index contributed by atoms with van der Waals surface area (Å²) in [4.78, 5) is 2.52. The number of hydrogen-bond donors (Lipinski definition) is 1. The molecule has 1 unspecified atom stereocenters. The molecule has 2 atom stereocenters. The maximum absolute atomic E-state index is 6.45. The van der Waals surface area contributed by atoms with E-state index in [1.165, 1.54) is 24.1 Å². The maximum Gasteiger partial charge on any atom is 0.124 e. The Morgan fingerprint density at radius 3 is 3.00 bits per heavy atom. The van der Waals surface area contributed by atoms with Gasteiger partial charge in [0, 0.05) is 24.6 Å². The topological polar surface area (TPSA) is 38.5 Å². The lowest BCUT2D eigenvalue weighted by molar-refractivity contribution is 0.0219. The van der Waals surface area contributed by atoms with Gasteiger partial charge >= 0.3 is 0 Å². The second-order valence-electron chi connectivity index (χ2n) is 6.42. The van der Waals surface area contributed by atoms with E-state index in [2.05, 4.69) is 36.9 Å². The molecule has 2 heterocycles. The smallest absolute Gasteiger partial charge is 0.124 e. The minimum Gasteiger partial charge on any atom is -0.487 e. The number of likely N-dealkylation sites (tertiary alicyclic amines) is 1. The molecule has 0 aromatic heterocycles. The van der Waals surface area contributed by atoms with Gasteiger partial charge in [0.05, 0.1) is 0 Å². The van der Waals surface area contributed by atoms with Gasteiger partial charge < -0.3 is 15.4 Å². The predicted molar refractivity (Wildman–Crippen MR) is 82.0 cm³/mol. The molecule has 20 heavy (non-hydrogen) atoms. The van der Waals surface area contributed by atoms with Crippen molar-refractivity contribution in [1.29, 1.82) is 0 Å². The minimum absolute atomic E-state index is 0.0361. The molecule has 2 aliphatic rings. The Morgan fingerprint density at radius 2 is 2.20 bits per heavy atom. The fourth-order valence-corrected chi connectivity index (χ4v) is 3.68. The second kappa shape index (κ2) is 5.38. The Labute approximate surface area is 122 Å². The summed E-state index contributed by atoms with van der Waals surface area (Å²) in [6, 6.07) is 6.53. The molecule has 110 valence electrons. The van der Waals surface area contributed by atoms with Crippen LogP contribution in [0.25, 0.3) is 0 Å². The summed E-state index contributed by atoms with van der Waals surface area (Å²) in [6.07, 6.45) is 4.40. The number of hydrogen-bond acceptors (Lipinski definition) is 3. The highest BCUT2D eigenvalue weighted by atomic mass is 16.5. The summed E-state index contributed by atoms with van der Waals surface area (Å²) in [5, 5.41) is 0. The third kappa shape index (κ3) is 2.57. The summed E-state index contributed by atoms with van der Waals surface area (Å²) in [5.74, 6) is 1.01. The standard InChI is InChI=1S/C17H26N2O/c1-3-19-9-4-7-17(8-10-19)12-15(18)14-11-13(2)5-6-16(14)20-17/h5-6,11,15H,3-4,7-10,12,18H2,1-2H3/t15-,17?/m0/s1. The van der Waals surface area contributed by atoms with E-state index in [1.54, 1.807) is 0 Å². The van der Waals surface area contributed by atoms with Gasteiger partial charge in [-0.25, -0.2) is 0 Å². The first-order valence-corrected chi connectivity index (χ1v) is 7.89. The number of aryl methyl sites for hydroxylation is 1. The van der Waals surface area contributed by atoms with Crippen molar-refractivity contribution in [1.82, 2.24) is 4.90 Å². The summed E-state index contributed by atoms with van der Waals surface area (Å²) >= 11 is 0. The number of benzene rings is 1. The van der Waals surface area contributed by atoms with E-state index in [-0.39, 0.29) is 11.6 Å². The van der Waals surface area contributed by atoms with E-state index < -0.39 is 0 Å². The quantitative estimate of drug-likeness (QED) is 0.855. The third-order valence-electron chi connectivity index (χ3n) is 4.92. The normalized spacial score (nSPS) is 30.6. The first-order valence-electron chi connectivity index (χ1n) is 7.89. The predicted octanol–water partition coefficient (Wildman–Crippen LogP) is 3.02. The van der Waals surface area contributed by atoms with Crippen molar-refractivity contribution in [3.63, 3.8) is 0 Å². The molecule has 3 rings (SSSR count). The Kier molecular flexibility index (Phi) is 3.74. The van der Waals surface area contributed by atoms with E-state index in [0.717, 1.165) is 38.1 Å². The average Bonchev–Trinajstić information content (AvgIpc) is 2.62. The van der Waals surface area contributed by atoms with E-state index >= 15 is 0 Å². The molecular weight excluding hydrogens is 248 g/mol. The molecule has 2 N–H and O–H groups in total. The van der Waals surface area contributed by atoms with Crippen molar-refractivity contribution in [2.75, 3.05) is 19.6 Å². The van der Waals surface area contributed by atoms with Gasteiger partial charge in [0.15, 0.2) is 0 Å². The van der Waals surface area contributed by atoms with Crippen LogP contribution in [0, 0.1) is 6.92 Å². The zero-order chi connectivity index (χ0) is 14.2. The molecule has 2 aliphatic heterocycles. The fourth-order valence-electron chi connectivity index (χ4n) is 3.68. The monoisotopic (exact) mass is 274 g/mol. The summed E-state index contributed by atoms with van der Waals surface area (Å²) in [5.41, 5.74) is 8.86. The van der Waals surface area contributed by atoms with Crippen LogP contribution in [0.5, 0.6) is 5.75 Å². The van der Waals surface area contributed by atoms with Crippen LogP contribution < -0.4 is 10.5 Å². The first kappa shape index (κ1) is 13.9. The molecule has 1 spiro atoms. The summed E-state index contributed by atoms with van der Waals surface area (Å²) < 4.78 is 6.45. The van der Waals surface area contributed by atoms with Gasteiger partial charge in [0.25, 0.3) is 0 Å². The van der Waals surface area contributed by atoms with E-state index in [9.17, 15) is 0 Å². The molecule has 0 aliphatic carbocycles. The van der Waals surface area contributed by atoms with Crippen molar-refractivity contribution in [3.8, 4) is 5.75 Å². The van der Waals surface area contributed by atoms with Gasteiger partial charge in [-0.2, -0.15) is 0 Å². The SMILES string of the molecule is CCN1CCCC2(CC1)C[C@H](N)c1cc(C)ccc1O2. The lowest BCUT2D eigenvalue weighted by Crippen LogP contribution is -2.43. The van der Waals surface area contributed by atoms with Crippen LogP contribution in [-0.2, 0) is 0 Å². The molecule has 3 nitrogen and oxygen atoms in total. The fraction of sp³-hybridized carbons (Fsp3) is 0.647. The number of ether oxygens (including phenoxy) is 1. The Balaban J connectivity index is 1.85. The van der Waals surface area contributed by atoms with Crippen LogP contribution in [0.4, 0.5) is 0 Å². The van der Waals surface area contributed by atoms with E-state index in [4.69, 9.17) is 10.5 Å². The van der Waals surface area contributed by atoms with Crippen LogP contribution >= 0.6 is 0 Å². The maximum atomic E-state index is 6.45. The van der Waals surface area contributed by atoms with E-state index in [0.29, 0.717) is 0 Å². The average molecular weight is 274 g/mol. The first-order chi connectivity index (χ1) is 9.62. The lowest BCUT2D eigenvalue weighted by atomic mass is 9.82. The molecule has 1 aromatic rings. The molecule has 0 radical (unpaired) electrons. The molecule has 1 aromatic carbocycles. The minimum atomic E-state index is -0.0361. The van der Waals surface area contributed by atoms with Crippen LogP contribution in [0.3, 0.4) is 0 Å². The number of rotatable bonds is 1. The van der Waals surface area contributed by atoms with Crippen molar-refractivity contribution in [2.24, 2.45) is 5.73 Å². The van der Waals surface area contributed by atoms with Gasteiger partial charge in [-0.05, 0) is 45.3 Å². The molecule has 1 fully saturated rings. The molecular formula is C17H26N2O. The third-order valence-corrected chi connectivity index (χ3v) is 4.92. The lowest BCUT2D eigenvalue weighted by Gasteiger charge is -2.41. The number of nitrogens with zero attached hydrogens (tertiary/aromatic N) is 1. The van der Waals surface area contributed by atoms with Crippen LogP contribution in [0.15, 0.2) is 18.2 Å². The Bertz CT molecular complexity index is 488. The molecule has 0 amide bonds. The Hall–Kier alpha value is -1.06. The summed E-state index contributed by atoms with van der Waals surface area (Å²) in [6.45, 7) is 7.81. The zero-order valence-electron chi connectivity index (χ0n) is 12.7. The van der Waals surface area contributed by atoms with Crippen molar-refractivity contribution in [3.05, 3.63) is 29.3 Å². The van der Waals surface area contributed by atoms with Crippen molar-refractivity contribution < 1.29 is 4.74 Å². The van der Waals surface area contributed by atoms with Crippen molar-refractivity contribution in [2.45, 2.75) is 51.2 Å². The largest absolute Gasteiger partial charge is 0.487 e. The van der Waals surface area contributed by atoms with Gasteiger partial charge in [-0.1, -0.05) is 24.6 Å². The molecule has 1 saturated heterocycles. The van der Waals surface area contributed by atoms with Crippen molar-refractivity contribution >= 4 is 0 Å². The van der Waals surface area contributed by atoms with Gasteiger partial charge in [-0.15, -0.1) is 0 Å². The van der Waals surface area contributed by atoms with Crippen LogP contribution in [-0.4, -0.2) is 30.1 Å². The van der Waals surface area contributed by atoms with Gasteiger partial charge in [0.2, 0.25) is 0 Å². The summed E-state index contributed by atoms with van der Waals surface area (Å²) in [7, 11) is 0. The number of fused-ring (bicyclic) bond motifs is 1. The molecule has 3 heteroatoms. The highest BCUT2D eigenvalue weighted by Gasteiger charge is 2.40. The molecule has 0 saturated carbocycles. The molecule has 0 bridgehead atoms.